The summed E-state index contributed by atoms with van der Waals surface area (Å²) >= 11 is 0. The van der Waals surface area contributed by atoms with E-state index >= 15 is 0 Å². The van der Waals surface area contributed by atoms with E-state index in [-0.39, 0.29) is 11.7 Å². The van der Waals surface area contributed by atoms with Crippen molar-refractivity contribution in [2.75, 3.05) is 5.32 Å². The van der Waals surface area contributed by atoms with Gasteiger partial charge in [-0.2, -0.15) is 5.10 Å². The van der Waals surface area contributed by atoms with Crippen molar-refractivity contribution in [2.24, 2.45) is 12.8 Å². The van der Waals surface area contributed by atoms with E-state index in [1.54, 1.807) is 48.3 Å². The third-order valence-electron chi connectivity index (χ3n) is 3.94. The van der Waals surface area contributed by atoms with E-state index in [4.69, 9.17) is 5.73 Å². The Hall–Kier alpha value is -3.74. The van der Waals surface area contributed by atoms with Crippen molar-refractivity contribution in [1.82, 2.24) is 9.78 Å². The van der Waals surface area contributed by atoms with Crippen molar-refractivity contribution in [3.05, 3.63) is 77.7 Å². The van der Waals surface area contributed by atoms with Crippen molar-refractivity contribution in [2.45, 2.75) is 0 Å². The van der Waals surface area contributed by atoms with E-state index in [0.29, 0.717) is 11.3 Å². The van der Waals surface area contributed by atoms with Crippen LogP contribution in [0.2, 0.25) is 0 Å². The first-order chi connectivity index (χ1) is 12.9. The molecule has 6 nitrogen and oxygen atoms in total. The van der Waals surface area contributed by atoms with E-state index in [0.717, 1.165) is 16.8 Å². The topological polar surface area (TPSA) is 90.0 Å². The Bertz CT molecular complexity index is 1010. The first kappa shape index (κ1) is 18.1. The molecule has 0 unspecified atom stereocenters. The summed E-state index contributed by atoms with van der Waals surface area (Å²) in [6.07, 6.45) is 4.65. The van der Waals surface area contributed by atoms with Gasteiger partial charge in [0.2, 0.25) is 11.8 Å². The molecule has 0 aliphatic heterocycles. The Morgan fingerprint density at radius 3 is 2.41 bits per heavy atom. The van der Waals surface area contributed by atoms with Gasteiger partial charge in [-0.15, -0.1) is 0 Å². The number of carbonyl (C=O) groups excluding carboxylic acids is 2. The van der Waals surface area contributed by atoms with Crippen molar-refractivity contribution in [3.8, 4) is 11.3 Å². The lowest BCUT2D eigenvalue weighted by atomic mass is 10.1. The Balaban J connectivity index is 1.75. The van der Waals surface area contributed by atoms with E-state index in [1.165, 1.54) is 30.3 Å². The summed E-state index contributed by atoms with van der Waals surface area (Å²) in [6.45, 7) is 0. The molecular weight excluding hydrogens is 347 g/mol. The van der Waals surface area contributed by atoms with Gasteiger partial charge >= 0.3 is 0 Å². The van der Waals surface area contributed by atoms with E-state index in [9.17, 15) is 14.0 Å². The minimum absolute atomic E-state index is 0.320. The molecule has 1 heterocycles. The number of nitrogens with one attached hydrogen (secondary N) is 1. The lowest BCUT2D eigenvalue weighted by Crippen LogP contribution is -2.11. The molecule has 27 heavy (non-hydrogen) atoms. The quantitative estimate of drug-likeness (QED) is 0.682. The van der Waals surface area contributed by atoms with Gasteiger partial charge in [-0.05, 0) is 54.6 Å². The zero-order valence-electron chi connectivity index (χ0n) is 14.5. The Kier molecular flexibility index (Phi) is 5.12. The second kappa shape index (κ2) is 7.65. The summed E-state index contributed by atoms with van der Waals surface area (Å²) < 4.78 is 14.8. The number of nitrogens with zero attached hydrogens (tertiary/aromatic N) is 2. The molecule has 0 spiro atoms. The molecule has 0 saturated carbocycles. The van der Waals surface area contributed by atoms with Crippen LogP contribution in [-0.2, 0) is 11.8 Å². The normalized spacial score (nSPS) is 10.9. The minimum Gasteiger partial charge on any atom is -0.366 e. The molecule has 3 rings (SSSR count). The minimum atomic E-state index is -0.530. The third kappa shape index (κ3) is 4.27. The monoisotopic (exact) mass is 364 g/mol. The molecule has 0 saturated heterocycles. The molecule has 7 heteroatoms. The molecule has 2 amide bonds. The summed E-state index contributed by atoms with van der Waals surface area (Å²) in [5.41, 5.74) is 8.37. The van der Waals surface area contributed by atoms with Gasteiger partial charge in [0.1, 0.15) is 5.82 Å². The number of carbonyl (C=O) groups is 2. The number of amides is 2. The second-order valence-corrected chi connectivity index (χ2v) is 5.84. The molecular formula is C20H17FN4O2. The fraction of sp³-hybridized carbons (Fsp3) is 0.0500. The van der Waals surface area contributed by atoms with Gasteiger partial charge in [-0.3, -0.25) is 14.3 Å². The van der Waals surface area contributed by atoms with Crippen LogP contribution in [0, 0.1) is 5.82 Å². The number of hydrogen-bond acceptors (Lipinski definition) is 3. The Morgan fingerprint density at radius 1 is 1.11 bits per heavy atom. The highest BCUT2D eigenvalue weighted by Gasteiger charge is 2.09. The molecule has 0 aliphatic carbocycles. The van der Waals surface area contributed by atoms with Crippen LogP contribution in [0.3, 0.4) is 0 Å². The molecule has 0 fully saturated rings. The highest BCUT2D eigenvalue weighted by Crippen LogP contribution is 2.24. The van der Waals surface area contributed by atoms with Gasteiger partial charge in [-0.25, -0.2) is 4.39 Å². The largest absolute Gasteiger partial charge is 0.366 e. The molecule has 3 aromatic rings. The number of nitrogens with two attached hydrogens (primary N) is 1. The summed E-state index contributed by atoms with van der Waals surface area (Å²) in [5.74, 6) is -1.19. The van der Waals surface area contributed by atoms with E-state index in [2.05, 4.69) is 10.4 Å². The number of halogens is 1. The highest BCUT2D eigenvalue weighted by molar-refractivity contribution is 6.02. The average Bonchev–Trinajstić information content (AvgIpc) is 3.02. The average molecular weight is 364 g/mol. The fourth-order valence-electron chi connectivity index (χ4n) is 2.60. The van der Waals surface area contributed by atoms with Crippen LogP contribution in [-0.4, -0.2) is 21.6 Å². The summed E-state index contributed by atoms with van der Waals surface area (Å²) in [7, 11) is 1.77. The van der Waals surface area contributed by atoms with Crippen LogP contribution in [0.25, 0.3) is 17.3 Å². The summed E-state index contributed by atoms with van der Waals surface area (Å²) in [5, 5.41) is 6.90. The maximum absolute atomic E-state index is 13.1. The Labute approximate surface area is 155 Å². The number of benzene rings is 2. The standard InChI is InChI=1S/C20H17FN4O2/c1-25-19(13-2-7-16(21)8-3-13)15(12-23-25)6-11-18(26)24-17-9-4-14(5-10-17)20(22)27/h2-12H,1H3,(H2,22,27)(H,24,26)/b11-6+. The van der Waals surface area contributed by atoms with Crippen molar-refractivity contribution >= 4 is 23.6 Å². The maximum Gasteiger partial charge on any atom is 0.248 e. The number of aryl methyl sites for hydroxylation is 1. The molecule has 2 aromatic carbocycles. The highest BCUT2D eigenvalue weighted by atomic mass is 19.1. The first-order valence-corrected chi connectivity index (χ1v) is 8.11. The fourth-order valence-corrected chi connectivity index (χ4v) is 2.60. The molecule has 0 bridgehead atoms. The zero-order valence-corrected chi connectivity index (χ0v) is 14.5. The molecule has 0 radical (unpaired) electrons. The van der Waals surface area contributed by atoms with Gasteiger partial charge in [0.25, 0.3) is 0 Å². The summed E-state index contributed by atoms with van der Waals surface area (Å²) in [4.78, 5) is 23.2. The van der Waals surface area contributed by atoms with Crippen LogP contribution >= 0.6 is 0 Å². The number of primary amides is 1. The van der Waals surface area contributed by atoms with Crippen molar-refractivity contribution < 1.29 is 14.0 Å². The van der Waals surface area contributed by atoms with Gasteiger partial charge in [-0.1, -0.05) is 0 Å². The van der Waals surface area contributed by atoms with Crippen LogP contribution in [0.15, 0.2) is 60.8 Å². The SMILES string of the molecule is Cn1ncc(/C=C/C(=O)Nc2ccc(C(N)=O)cc2)c1-c1ccc(F)cc1. The predicted molar refractivity (Wildman–Crippen MR) is 101 cm³/mol. The van der Waals surface area contributed by atoms with Crippen LogP contribution in [0.5, 0.6) is 0 Å². The Morgan fingerprint density at radius 2 is 1.78 bits per heavy atom. The van der Waals surface area contributed by atoms with Gasteiger partial charge < -0.3 is 11.1 Å². The molecule has 0 aliphatic rings. The smallest absolute Gasteiger partial charge is 0.248 e. The lowest BCUT2D eigenvalue weighted by molar-refractivity contribution is -0.111. The number of aromatic nitrogens is 2. The summed E-state index contributed by atoms with van der Waals surface area (Å²) in [6, 6.07) is 12.3. The van der Waals surface area contributed by atoms with E-state index < -0.39 is 5.91 Å². The van der Waals surface area contributed by atoms with Crippen molar-refractivity contribution in [3.63, 3.8) is 0 Å². The van der Waals surface area contributed by atoms with Gasteiger partial charge in [0, 0.05) is 35.5 Å². The molecule has 0 atom stereocenters. The van der Waals surface area contributed by atoms with Crippen LogP contribution in [0.1, 0.15) is 15.9 Å². The van der Waals surface area contributed by atoms with Gasteiger partial charge in [0.15, 0.2) is 0 Å². The zero-order chi connectivity index (χ0) is 19.4. The van der Waals surface area contributed by atoms with Crippen molar-refractivity contribution in [1.29, 1.82) is 0 Å². The van der Waals surface area contributed by atoms with Crippen LogP contribution < -0.4 is 11.1 Å². The molecule has 3 N–H and O–H groups in total. The molecule has 136 valence electrons. The maximum atomic E-state index is 13.1. The number of rotatable bonds is 5. The van der Waals surface area contributed by atoms with Gasteiger partial charge in [0.05, 0.1) is 11.9 Å². The van der Waals surface area contributed by atoms with Crippen LogP contribution in [0.4, 0.5) is 10.1 Å². The third-order valence-corrected chi connectivity index (χ3v) is 3.94. The second-order valence-electron chi connectivity index (χ2n) is 5.84. The number of anilines is 1. The first-order valence-electron chi connectivity index (χ1n) is 8.11. The number of hydrogen-bond donors (Lipinski definition) is 2. The van der Waals surface area contributed by atoms with E-state index in [1.807, 2.05) is 0 Å². The molecule has 1 aromatic heterocycles. The predicted octanol–water partition coefficient (Wildman–Crippen LogP) is 2.98. The lowest BCUT2D eigenvalue weighted by Gasteiger charge is -2.05.